The van der Waals surface area contributed by atoms with Crippen LogP contribution in [0.15, 0.2) is 49.1 Å². The second-order valence-corrected chi connectivity index (χ2v) is 12.7. The predicted molar refractivity (Wildman–Crippen MR) is 175 cm³/mol. The number of piperazine rings is 1. The molecule has 0 unspecified atom stereocenters. The zero-order valence-electron chi connectivity index (χ0n) is 25.6. The molecule has 3 atom stereocenters. The number of halogens is 1. The number of anilines is 2. The monoisotopic (exact) mass is 613 g/mol. The molecule has 3 aliphatic rings. The Bertz CT molecular complexity index is 1580. The molecule has 1 saturated carbocycles. The summed E-state index contributed by atoms with van der Waals surface area (Å²) >= 11 is 6.72. The number of carbonyl (C=O) groups excluding carboxylic acids is 1. The van der Waals surface area contributed by atoms with Gasteiger partial charge in [-0.05, 0) is 57.0 Å². The molecule has 2 fully saturated rings. The Hall–Kier alpha value is -3.87. The second-order valence-electron chi connectivity index (χ2n) is 12.3. The Labute approximate surface area is 264 Å². The molecule has 44 heavy (non-hydrogen) atoms. The van der Waals surface area contributed by atoms with Crippen LogP contribution in [0.25, 0.3) is 15.6 Å². The van der Waals surface area contributed by atoms with Crippen molar-refractivity contribution in [3.05, 3.63) is 76.8 Å². The SMILES string of the molecule is [C-]#[N+]C[C@H]1CN(c2nc(OC[C@@H]3CCC[C@@H]3N(C)C)nc3c2CCN(c2cccc4cccc(Cl)c24)C3)CCN1C(=O)C=C. The van der Waals surface area contributed by atoms with Crippen molar-refractivity contribution in [2.75, 3.05) is 63.2 Å². The van der Waals surface area contributed by atoms with Crippen molar-refractivity contribution < 1.29 is 9.53 Å². The van der Waals surface area contributed by atoms with Crippen molar-refractivity contribution in [1.29, 1.82) is 0 Å². The molecule has 2 aliphatic heterocycles. The summed E-state index contributed by atoms with van der Waals surface area (Å²) in [7, 11) is 4.28. The average molecular weight is 614 g/mol. The lowest BCUT2D eigenvalue weighted by Gasteiger charge is -2.41. The van der Waals surface area contributed by atoms with Gasteiger partial charge in [-0.3, -0.25) is 4.79 Å². The van der Waals surface area contributed by atoms with Gasteiger partial charge in [-0.25, -0.2) is 6.57 Å². The average Bonchev–Trinajstić information content (AvgIpc) is 3.52. The summed E-state index contributed by atoms with van der Waals surface area (Å²) < 4.78 is 6.41. The van der Waals surface area contributed by atoms with Gasteiger partial charge in [0, 0.05) is 54.8 Å². The van der Waals surface area contributed by atoms with Gasteiger partial charge in [0.2, 0.25) is 12.5 Å². The number of carbonyl (C=O) groups is 1. The first-order chi connectivity index (χ1) is 21.4. The number of nitrogens with zero attached hydrogens (tertiary/aromatic N) is 7. The maximum absolute atomic E-state index is 12.6. The van der Waals surface area contributed by atoms with Crippen LogP contribution in [-0.2, 0) is 17.8 Å². The van der Waals surface area contributed by atoms with Crippen LogP contribution in [0.4, 0.5) is 11.5 Å². The third-order valence-corrected chi connectivity index (χ3v) is 9.76. The molecule has 1 aromatic heterocycles. The lowest BCUT2D eigenvalue weighted by Crippen LogP contribution is -2.56. The molecular weight excluding hydrogens is 574 g/mol. The summed E-state index contributed by atoms with van der Waals surface area (Å²) in [6.07, 6.45) is 5.61. The zero-order chi connectivity index (χ0) is 30.8. The van der Waals surface area contributed by atoms with Gasteiger partial charge in [-0.1, -0.05) is 48.9 Å². The van der Waals surface area contributed by atoms with Gasteiger partial charge in [0.05, 0.1) is 23.9 Å². The molecular formula is C34H40ClN7O2. The first-order valence-electron chi connectivity index (χ1n) is 15.5. The van der Waals surface area contributed by atoms with Crippen LogP contribution in [0.3, 0.4) is 0 Å². The number of fused-ring (bicyclic) bond motifs is 2. The molecule has 9 nitrogen and oxygen atoms in total. The highest BCUT2D eigenvalue weighted by atomic mass is 35.5. The highest BCUT2D eigenvalue weighted by Gasteiger charge is 2.35. The minimum Gasteiger partial charge on any atom is -0.463 e. The number of amides is 1. The van der Waals surface area contributed by atoms with E-state index in [1.165, 1.54) is 18.9 Å². The van der Waals surface area contributed by atoms with Crippen LogP contribution in [0.1, 0.15) is 30.5 Å². The fourth-order valence-corrected chi connectivity index (χ4v) is 7.53. The van der Waals surface area contributed by atoms with E-state index in [4.69, 9.17) is 32.9 Å². The van der Waals surface area contributed by atoms with Crippen LogP contribution >= 0.6 is 11.6 Å². The van der Waals surface area contributed by atoms with E-state index in [-0.39, 0.29) is 18.5 Å². The first kappa shape index (κ1) is 30.2. The van der Waals surface area contributed by atoms with Gasteiger partial charge < -0.3 is 29.2 Å². The summed E-state index contributed by atoms with van der Waals surface area (Å²) in [4.78, 5) is 34.9. The Morgan fingerprint density at radius 1 is 1.16 bits per heavy atom. The maximum atomic E-state index is 12.6. The van der Waals surface area contributed by atoms with Crippen molar-refractivity contribution in [3.8, 4) is 6.01 Å². The Morgan fingerprint density at radius 3 is 2.75 bits per heavy atom. The standard InChI is InChI=1S/C34H40ClN7O2/c1-5-31(43)42-18-17-41(20-25(42)19-36-2)33-26-15-16-40(30-14-7-10-23-9-6-12-27(35)32(23)30)21-28(26)37-34(38-33)44-22-24-11-8-13-29(24)39(3)4/h5-7,9-10,12,14,24-25,29H,1,8,11,13,15-22H2,3-4H3/t24-,25-,29-/m0/s1. The molecule has 0 bridgehead atoms. The van der Waals surface area contributed by atoms with Crippen LogP contribution in [0.5, 0.6) is 6.01 Å². The molecule has 0 spiro atoms. The number of benzene rings is 2. The topological polar surface area (TPSA) is 69.4 Å². The van der Waals surface area contributed by atoms with Crippen molar-refractivity contribution in [2.24, 2.45) is 5.92 Å². The molecule has 1 aliphatic carbocycles. The lowest BCUT2D eigenvalue weighted by molar-refractivity contribution is -0.128. The van der Waals surface area contributed by atoms with E-state index in [0.717, 1.165) is 57.9 Å². The van der Waals surface area contributed by atoms with E-state index in [2.05, 4.69) is 64.5 Å². The Kier molecular flexibility index (Phi) is 8.92. The Balaban J connectivity index is 1.34. The molecule has 230 valence electrons. The summed E-state index contributed by atoms with van der Waals surface area (Å²) in [5.41, 5.74) is 3.15. The molecule has 0 radical (unpaired) electrons. The number of aromatic nitrogens is 2. The minimum atomic E-state index is -0.237. The van der Waals surface area contributed by atoms with Gasteiger partial charge in [-0.2, -0.15) is 9.97 Å². The van der Waals surface area contributed by atoms with E-state index >= 15 is 0 Å². The number of ether oxygens (including phenoxy) is 1. The highest BCUT2D eigenvalue weighted by molar-refractivity contribution is 6.36. The second kappa shape index (κ2) is 13.0. The summed E-state index contributed by atoms with van der Waals surface area (Å²) in [5.74, 6) is 1.15. The van der Waals surface area contributed by atoms with E-state index < -0.39 is 0 Å². The van der Waals surface area contributed by atoms with Crippen molar-refractivity contribution in [1.82, 2.24) is 19.8 Å². The number of rotatable bonds is 8. The van der Waals surface area contributed by atoms with Crippen molar-refractivity contribution >= 4 is 39.8 Å². The van der Waals surface area contributed by atoms with Crippen LogP contribution < -0.4 is 14.5 Å². The summed E-state index contributed by atoms with van der Waals surface area (Å²) in [6, 6.07) is 13.0. The molecule has 0 N–H and O–H groups in total. The van der Waals surface area contributed by atoms with Crippen LogP contribution in [0.2, 0.25) is 5.02 Å². The zero-order valence-corrected chi connectivity index (χ0v) is 26.3. The molecule has 10 heteroatoms. The third kappa shape index (κ3) is 5.93. The van der Waals surface area contributed by atoms with E-state index in [1.807, 2.05) is 12.1 Å². The van der Waals surface area contributed by atoms with Crippen LogP contribution in [-0.4, -0.2) is 91.2 Å². The van der Waals surface area contributed by atoms with Gasteiger partial charge in [0.15, 0.2) is 0 Å². The van der Waals surface area contributed by atoms with Gasteiger partial charge in [0.25, 0.3) is 0 Å². The quantitative estimate of drug-likeness (QED) is 0.259. The van der Waals surface area contributed by atoms with E-state index in [9.17, 15) is 4.79 Å². The highest BCUT2D eigenvalue weighted by Crippen LogP contribution is 2.37. The molecule has 1 saturated heterocycles. The van der Waals surface area contributed by atoms with Crippen LogP contribution in [0, 0.1) is 12.5 Å². The lowest BCUT2D eigenvalue weighted by atomic mass is 10.0. The predicted octanol–water partition coefficient (Wildman–Crippen LogP) is 5.08. The van der Waals surface area contributed by atoms with Crippen molar-refractivity contribution in [3.63, 3.8) is 0 Å². The Morgan fingerprint density at radius 2 is 1.98 bits per heavy atom. The molecule has 6 rings (SSSR count). The van der Waals surface area contributed by atoms with Gasteiger partial charge >= 0.3 is 6.01 Å². The summed E-state index contributed by atoms with van der Waals surface area (Å²) in [5, 5.41) is 2.89. The normalized spacial score (nSPS) is 21.8. The minimum absolute atomic E-state index is 0.136. The van der Waals surface area contributed by atoms with Gasteiger partial charge in [-0.15, -0.1) is 0 Å². The summed E-state index contributed by atoms with van der Waals surface area (Å²) in [6.45, 7) is 15.0. The van der Waals surface area contributed by atoms with Gasteiger partial charge in [0.1, 0.15) is 11.9 Å². The smallest absolute Gasteiger partial charge is 0.318 e. The molecule has 1 amide bonds. The number of hydrogen-bond acceptors (Lipinski definition) is 7. The van der Waals surface area contributed by atoms with E-state index in [1.54, 1.807) is 4.90 Å². The molecule has 2 aromatic carbocycles. The number of hydrogen-bond donors (Lipinski definition) is 0. The van der Waals surface area contributed by atoms with E-state index in [0.29, 0.717) is 50.8 Å². The fraction of sp³-hybridized carbons (Fsp3) is 0.471. The third-order valence-electron chi connectivity index (χ3n) is 9.45. The first-order valence-corrected chi connectivity index (χ1v) is 15.9. The maximum Gasteiger partial charge on any atom is 0.318 e. The molecule has 3 aromatic rings. The largest absolute Gasteiger partial charge is 0.463 e. The molecule has 3 heterocycles. The fourth-order valence-electron chi connectivity index (χ4n) is 7.25. The van der Waals surface area contributed by atoms with Crippen molar-refractivity contribution in [2.45, 2.75) is 44.3 Å².